The van der Waals surface area contributed by atoms with Gasteiger partial charge >= 0.3 is 0 Å². The van der Waals surface area contributed by atoms with Crippen molar-refractivity contribution in [2.24, 2.45) is 0 Å². The lowest BCUT2D eigenvalue weighted by atomic mass is 10.2. The molecule has 2 heterocycles. The van der Waals surface area contributed by atoms with Gasteiger partial charge in [0.25, 0.3) is 0 Å². The molecule has 0 radical (unpaired) electrons. The van der Waals surface area contributed by atoms with Gasteiger partial charge in [-0.3, -0.25) is 0 Å². The molecule has 0 amide bonds. The van der Waals surface area contributed by atoms with Crippen LogP contribution in [-0.4, -0.2) is 14.8 Å². The van der Waals surface area contributed by atoms with Crippen molar-refractivity contribution in [3.8, 4) is 5.75 Å². The molecule has 19 heavy (non-hydrogen) atoms. The zero-order chi connectivity index (χ0) is 13.2. The molecule has 0 atom stereocenters. The lowest BCUT2D eigenvalue weighted by molar-refractivity contribution is 0.285. The van der Waals surface area contributed by atoms with Gasteiger partial charge < -0.3 is 9.30 Å². The van der Waals surface area contributed by atoms with E-state index in [2.05, 4.69) is 14.8 Å². The van der Waals surface area contributed by atoms with Crippen LogP contribution in [0.1, 0.15) is 24.5 Å². The van der Waals surface area contributed by atoms with Crippen LogP contribution in [0.4, 0.5) is 4.39 Å². The molecular formula is C13H13ClFN3O. The van der Waals surface area contributed by atoms with E-state index < -0.39 is 5.82 Å². The predicted octanol–water partition coefficient (Wildman–Crippen LogP) is 2.99. The van der Waals surface area contributed by atoms with Crippen LogP contribution < -0.4 is 4.74 Å². The van der Waals surface area contributed by atoms with Gasteiger partial charge in [-0.1, -0.05) is 11.6 Å². The molecule has 6 heteroatoms. The molecule has 0 saturated carbocycles. The first-order valence-corrected chi connectivity index (χ1v) is 6.60. The quantitative estimate of drug-likeness (QED) is 0.868. The Morgan fingerprint density at radius 3 is 3.05 bits per heavy atom. The molecule has 1 aromatic carbocycles. The summed E-state index contributed by atoms with van der Waals surface area (Å²) in [5.74, 6) is 1.75. The summed E-state index contributed by atoms with van der Waals surface area (Å²) in [5, 5.41) is 8.35. The molecule has 1 aromatic heterocycles. The van der Waals surface area contributed by atoms with Gasteiger partial charge in [-0.15, -0.1) is 10.2 Å². The van der Waals surface area contributed by atoms with Crippen LogP contribution in [0.5, 0.6) is 5.75 Å². The van der Waals surface area contributed by atoms with Crippen LogP contribution in [-0.2, 0) is 19.6 Å². The smallest absolute Gasteiger partial charge is 0.171 e. The third-order valence-electron chi connectivity index (χ3n) is 3.20. The first-order chi connectivity index (χ1) is 9.24. The maximum absolute atomic E-state index is 13.3. The molecule has 1 aliphatic rings. The van der Waals surface area contributed by atoms with Gasteiger partial charge in [0.2, 0.25) is 0 Å². The van der Waals surface area contributed by atoms with Gasteiger partial charge in [-0.25, -0.2) is 4.39 Å². The van der Waals surface area contributed by atoms with Crippen LogP contribution >= 0.6 is 11.6 Å². The zero-order valence-electron chi connectivity index (χ0n) is 10.3. The molecule has 3 rings (SSSR count). The van der Waals surface area contributed by atoms with Crippen LogP contribution in [0.2, 0.25) is 5.02 Å². The largest absolute Gasteiger partial charge is 0.485 e. The molecule has 2 aromatic rings. The molecule has 0 unspecified atom stereocenters. The number of benzene rings is 1. The van der Waals surface area contributed by atoms with E-state index in [-0.39, 0.29) is 11.6 Å². The lowest BCUT2D eigenvalue weighted by Crippen LogP contribution is -2.14. The Morgan fingerprint density at radius 2 is 2.21 bits per heavy atom. The third-order valence-corrected chi connectivity index (χ3v) is 3.50. The molecule has 1 aliphatic heterocycles. The number of ether oxygens (including phenoxy) is 1. The number of hydrogen-bond donors (Lipinski definition) is 0. The molecular weight excluding hydrogens is 269 g/mol. The van der Waals surface area contributed by atoms with Gasteiger partial charge in [-0.2, -0.15) is 0 Å². The Labute approximate surface area is 115 Å². The highest BCUT2D eigenvalue weighted by Gasteiger charge is 2.16. The molecule has 0 saturated heterocycles. The number of aryl methyl sites for hydroxylation is 1. The highest BCUT2D eigenvalue weighted by atomic mass is 35.5. The van der Waals surface area contributed by atoms with Crippen molar-refractivity contribution in [2.75, 3.05) is 0 Å². The van der Waals surface area contributed by atoms with Crippen molar-refractivity contribution >= 4 is 11.6 Å². The van der Waals surface area contributed by atoms with Crippen molar-refractivity contribution in [3.05, 3.63) is 40.7 Å². The highest BCUT2D eigenvalue weighted by Crippen LogP contribution is 2.21. The van der Waals surface area contributed by atoms with E-state index in [1.54, 1.807) is 6.07 Å². The van der Waals surface area contributed by atoms with Crippen molar-refractivity contribution in [2.45, 2.75) is 32.4 Å². The zero-order valence-corrected chi connectivity index (χ0v) is 11.0. The first-order valence-electron chi connectivity index (χ1n) is 6.23. The molecule has 0 N–H and O–H groups in total. The summed E-state index contributed by atoms with van der Waals surface area (Å²) in [5.41, 5.74) is 0. The van der Waals surface area contributed by atoms with Gasteiger partial charge in [0.1, 0.15) is 24.0 Å². The maximum atomic E-state index is 13.3. The van der Waals surface area contributed by atoms with Crippen molar-refractivity contribution < 1.29 is 9.13 Å². The minimum absolute atomic E-state index is 0.0900. The fraction of sp³-hybridized carbons (Fsp3) is 0.385. The number of nitrogens with zero attached hydrogens (tertiary/aromatic N) is 3. The van der Waals surface area contributed by atoms with Crippen molar-refractivity contribution in [1.82, 2.24) is 14.8 Å². The summed E-state index contributed by atoms with van der Waals surface area (Å²) in [6, 6.07) is 4.39. The summed E-state index contributed by atoms with van der Waals surface area (Å²) in [7, 11) is 0. The number of halogens is 2. The summed E-state index contributed by atoms with van der Waals surface area (Å²) >= 11 is 5.62. The molecule has 0 spiro atoms. The Bertz CT molecular complexity index is 600. The van der Waals surface area contributed by atoms with Crippen LogP contribution in [0.15, 0.2) is 18.2 Å². The van der Waals surface area contributed by atoms with E-state index in [1.165, 1.54) is 12.1 Å². The molecule has 0 bridgehead atoms. The standard InChI is InChI=1S/C13H13ClFN3O/c14-10-5-4-9(7-11(10)15)19-8-13-17-16-12-3-1-2-6-18(12)13/h4-5,7H,1-3,6,8H2. The maximum Gasteiger partial charge on any atom is 0.171 e. The van der Waals surface area contributed by atoms with Crippen LogP contribution in [0.3, 0.4) is 0 Å². The molecule has 100 valence electrons. The number of rotatable bonds is 3. The Morgan fingerprint density at radius 1 is 1.32 bits per heavy atom. The van der Waals surface area contributed by atoms with Crippen LogP contribution in [0, 0.1) is 5.82 Å². The predicted molar refractivity (Wildman–Crippen MR) is 68.7 cm³/mol. The average Bonchev–Trinajstić information content (AvgIpc) is 2.83. The van der Waals surface area contributed by atoms with Gasteiger partial charge in [0.05, 0.1) is 5.02 Å². The van der Waals surface area contributed by atoms with Crippen molar-refractivity contribution in [3.63, 3.8) is 0 Å². The minimum Gasteiger partial charge on any atom is -0.485 e. The second kappa shape index (κ2) is 5.17. The number of hydrogen-bond acceptors (Lipinski definition) is 3. The van der Waals surface area contributed by atoms with Gasteiger partial charge in [0.15, 0.2) is 5.82 Å². The monoisotopic (exact) mass is 281 g/mol. The van der Waals surface area contributed by atoms with Crippen molar-refractivity contribution in [1.29, 1.82) is 0 Å². The normalized spacial score (nSPS) is 14.2. The van der Waals surface area contributed by atoms with E-state index in [1.807, 2.05) is 0 Å². The minimum atomic E-state index is -0.484. The topological polar surface area (TPSA) is 39.9 Å². The van der Waals surface area contributed by atoms with E-state index in [0.29, 0.717) is 5.75 Å². The van der Waals surface area contributed by atoms with E-state index in [0.717, 1.165) is 37.5 Å². The fourth-order valence-corrected chi connectivity index (χ4v) is 2.31. The fourth-order valence-electron chi connectivity index (χ4n) is 2.19. The number of aromatic nitrogens is 3. The summed E-state index contributed by atoms with van der Waals surface area (Å²) in [4.78, 5) is 0. The first kappa shape index (κ1) is 12.4. The second-order valence-corrected chi connectivity index (χ2v) is 4.91. The second-order valence-electron chi connectivity index (χ2n) is 4.51. The summed E-state index contributed by atoms with van der Waals surface area (Å²) < 4.78 is 20.9. The number of fused-ring (bicyclic) bond motifs is 1. The average molecular weight is 282 g/mol. The Hall–Kier alpha value is -1.62. The van der Waals surface area contributed by atoms with E-state index in [9.17, 15) is 4.39 Å². The van der Waals surface area contributed by atoms with Gasteiger partial charge in [0, 0.05) is 19.0 Å². The van der Waals surface area contributed by atoms with Crippen LogP contribution in [0.25, 0.3) is 0 Å². The Kier molecular flexibility index (Phi) is 3.38. The van der Waals surface area contributed by atoms with Gasteiger partial charge in [-0.05, 0) is 25.0 Å². The Balaban J connectivity index is 1.72. The molecule has 0 fully saturated rings. The SMILES string of the molecule is Fc1cc(OCc2nnc3n2CCCC3)ccc1Cl. The van der Waals surface area contributed by atoms with E-state index >= 15 is 0 Å². The molecule has 0 aliphatic carbocycles. The lowest BCUT2D eigenvalue weighted by Gasteiger charge is -2.14. The summed E-state index contributed by atoms with van der Waals surface area (Å²) in [6.45, 7) is 1.21. The van der Waals surface area contributed by atoms with E-state index in [4.69, 9.17) is 16.3 Å². The third kappa shape index (κ3) is 2.56. The summed E-state index contributed by atoms with van der Waals surface area (Å²) in [6.07, 6.45) is 3.25. The highest BCUT2D eigenvalue weighted by molar-refractivity contribution is 6.30. The molecule has 4 nitrogen and oxygen atoms in total.